The molecule has 0 amide bonds. The lowest BCUT2D eigenvalue weighted by atomic mass is 10.1. The molecule has 1 N–H and O–H groups in total. The molecule has 0 spiro atoms. The minimum absolute atomic E-state index is 0.00367. The Labute approximate surface area is 117 Å². The van der Waals surface area contributed by atoms with E-state index < -0.39 is 0 Å². The second kappa shape index (κ2) is 6.48. The highest BCUT2D eigenvalue weighted by Crippen LogP contribution is 2.18. The fourth-order valence-corrected chi connectivity index (χ4v) is 2.40. The molecule has 2 unspecified atom stereocenters. The molecule has 2 atom stereocenters. The first-order valence-electron chi connectivity index (χ1n) is 6.36. The molecule has 0 aromatic heterocycles. The number of nitrogens with zero attached hydrogens (tertiary/aromatic N) is 1. The quantitative estimate of drug-likeness (QED) is 0.853. The van der Waals surface area contributed by atoms with E-state index in [1.54, 1.807) is 24.3 Å². The maximum atomic E-state index is 12.2. The summed E-state index contributed by atoms with van der Waals surface area (Å²) < 4.78 is 5.45. The fourth-order valence-electron chi connectivity index (χ4n) is 2.16. The van der Waals surface area contributed by atoms with Crippen LogP contribution in [0.5, 0.6) is 0 Å². The van der Waals surface area contributed by atoms with Crippen molar-refractivity contribution in [1.82, 2.24) is 4.90 Å². The Kier molecular flexibility index (Phi) is 4.93. The van der Waals surface area contributed by atoms with Gasteiger partial charge >= 0.3 is 0 Å². The Morgan fingerprint density at radius 3 is 2.95 bits per heavy atom. The van der Waals surface area contributed by atoms with Crippen molar-refractivity contribution in [3.05, 3.63) is 34.9 Å². The molecule has 2 rings (SSSR count). The Balaban J connectivity index is 2.03. The minimum Gasteiger partial charge on any atom is -0.394 e. The lowest BCUT2D eigenvalue weighted by Gasteiger charge is -2.36. The number of aliphatic hydroxyl groups is 1. The lowest BCUT2D eigenvalue weighted by molar-refractivity contribution is -0.0747. The monoisotopic (exact) mass is 283 g/mol. The van der Waals surface area contributed by atoms with Crippen LogP contribution < -0.4 is 0 Å². The van der Waals surface area contributed by atoms with Crippen LogP contribution in [-0.4, -0.2) is 54.2 Å². The SMILES string of the molecule is CC1COC(CO)CN1CC(=O)c1ccccc1Cl. The van der Waals surface area contributed by atoms with E-state index in [0.717, 1.165) is 0 Å². The van der Waals surface area contributed by atoms with Crippen molar-refractivity contribution in [2.24, 2.45) is 0 Å². The number of halogens is 1. The van der Waals surface area contributed by atoms with Crippen LogP contribution in [0.25, 0.3) is 0 Å². The molecule has 1 aliphatic heterocycles. The first-order valence-corrected chi connectivity index (χ1v) is 6.74. The Hall–Kier alpha value is -0.940. The second-order valence-corrected chi connectivity index (χ2v) is 5.23. The van der Waals surface area contributed by atoms with Crippen LogP contribution in [0.1, 0.15) is 17.3 Å². The van der Waals surface area contributed by atoms with Gasteiger partial charge in [0.05, 0.1) is 30.9 Å². The van der Waals surface area contributed by atoms with Gasteiger partial charge in [0.2, 0.25) is 0 Å². The average Bonchev–Trinajstić information content (AvgIpc) is 2.41. The number of ketones is 1. The summed E-state index contributed by atoms with van der Waals surface area (Å²) in [6, 6.07) is 7.22. The molecule has 104 valence electrons. The average molecular weight is 284 g/mol. The number of carbonyl (C=O) groups excluding carboxylic acids is 1. The van der Waals surface area contributed by atoms with Crippen molar-refractivity contribution in [3.8, 4) is 0 Å². The minimum atomic E-state index is -0.213. The number of hydrogen-bond donors (Lipinski definition) is 1. The number of rotatable bonds is 4. The predicted molar refractivity (Wildman–Crippen MR) is 73.6 cm³/mol. The van der Waals surface area contributed by atoms with Crippen molar-refractivity contribution in [2.45, 2.75) is 19.1 Å². The first kappa shape index (κ1) is 14.5. The fraction of sp³-hybridized carbons (Fsp3) is 0.500. The van der Waals surface area contributed by atoms with Gasteiger partial charge in [-0.25, -0.2) is 0 Å². The molecule has 1 aromatic rings. The molecule has 0 bridgehead atoms. The van der Waals surface area contributed by atoms with E-state index in [1.165, 1.54) is 0 Å². The molecule has 1 aromatic carbocycles. The Morgan fingerprint density at radius 1 is 1.53 bits per heavy atom. The summed E-state index contributed by atoms with van der Waals surface area (Å²) in [7, 11) is 0. The van der Waals surface area contributed by atoms with Gasteiger partial charge in [0.25, 0.3) is 0 Å². The predicted octanol–water partition coefficient (Wildman–Crippen LogP) is 1.60. The van der Waals surface area contributed by atoms with Crippen molar-refractivity contribution in [1.29, 1.82) is 0 Å². The van der Waals surface area contributed by atoms with Crippen molar-refractivity contribution < 1.29 is 14.6 Å². The smallest absolute Gasteiger partial charge is 0.178 e. The molecule has 1 fully saturated rings. The highest BCUT2D eigenvalue weighted by Gasteiger charge is 2.27. The molecule has 1 saturated heterocycles. The van der Waals surface area contributed by atoms with Gasteiger partial charge < -0.3 is 9.84 Å². The molecule has 1 heterocycles. The number of Topliss-reactive ketones (excluding diaryl/α,β-unsaturated/α-hetero) is 1. The van der Waals surface area contributed by atoms with E-state index >= 15 is 0 Å². The van der Waals surface area contributed by atoms with Gasteiger partial charge in [-0.1, -0.05) is 23.7 Å². The van der Waals surface area contributed by atoms with E-state index in [4.69, 9.17) is 21.4 Å². The summed E-state index contributed by atoms with van der Waals surface area (Å²) in [5, 5.41) is 9.61. The van der Waals surface area contributed by atoms with Crippen LogP contribution in [-0.2, 0) is 4.74 Å². The van der Waals surface area contributed by atoms with Crippen molar-refractivity contribution in [3.63, 3.8) is 0 Å². The summed E-state index contributed by atoms with van der Waals surface area (Å²) in [5.41, 5.74) is 0.545. The zero-order chi connectivity index (χ0) is 13.8. The second-order valence-electron chi connectivity index (χ2n) is 4.82. The third kappa shape index (κ3) is 3.54. The number of benzene rings is 1. The number of hydrogen-bond acceptors (Lipinski definition) is 4. The van der Waals surface area contributed by atoms with E-state index in [1.807, 2.05) is 11.8 Å². The zero-order valence-corrected chi connectivity index (χ0v) is 11.6. The Bertz CT molecular complexity index is 452. The van der Waals surface area contributed by atoms with Crippen LogP contribution in [0.2, 0.25) is 5.02 Å². The van der Waals surface area contributed by atoms with Crippen LogP contribution in [0.15, 0.2) is 24.3 Å². The topological polar surface area (TPSA) is 49.8 Å². The zero-order valence-electron chi connectivity index (χ0n) is 10.9. The van der Waals surface area contributed by atoms with E-state index in [-0.39, 0.29) is 24.5 Å². The largest absolute Gasteiger partial charge is 0.394 e. The maximum Gasteiger partial charge on any atom is 0.178 e. The number of ether oxygens (including phenoxy) is 1. The summed E-state index contributed by atoms with van der Waals surface area (Å²) >= 11 is 6.03. The normalized spacial score (nSPS) is 24.4. The van der Waals surface area contributed by atoms with Gasteiger partial charge in [-0.3, -0.25) is 9.69 Å². The standard InChI is InChI=1S/C14H18ClNO3/c1-10-9-19-11(8-17)6-16(10)7-14(18)12-4-2-3-5-13(12)15/h2-5,10-11,17H,6-9H2,1H3. The summed E-state index contributed by atoms with van der Waals surface area (Å²) in [5.74, 6) is -0.00367. The number of morpholine rings is 1. The third-order valence-corrected chi connectivity index (χ3v) is 3.69. The van der Waals surface area contributed by atoms with Crippen LogP contribution in [0, 0.1) is 0 Å². The summed E-state index contributed by atoms with van der Waals surface area (Å²) in [6.45, 7) is 3.37. The summed E-state index contributed by atoms with van der Waals surface area (Å²) in [4.78, 5) is 14.3. The van der Waals surface area contributed by atoms with Gasteiger partial charge in [0.15, 0.2) is 5.78 Å². The molecular formula is C14H18ClNO3. The highest BCUT2D eigenvalue weighted by molar-refractivity contribution is 6.34. The third-order valence-electron chi connectivity index (χ3n) is 3.36. The van der Waals surface area contributed by atoms with E-state index in [0.29, 0.717) is 30.3 Å². The number of carbonyl (C=O) groups is 1. The molecular weight excluding hydrogens is 266 g/mol. The molecule has 4 nitrogen and oxygen atoms in total. The molecule has 19 heavy (non-hydrogen) atoms. The van der Waals surface area contributed by atoms with Gasteiger partial charge in [-0.2, -0.15) is 0 Å². The van der Waals surface area contributed by atoms with Crippen molar-refractivity contribution in [2.75, 3.05) is 26.3 Å². The molecule has 1 aliphatic rings. The van der Waals surface area contributed by atoms with Gasteiger partial charge in [-0.05, 0) is 19.1 Å². The lowest BCUT2D eigenvalue weighted by Crippen LogP contribution is -2.51. The Morgan fingerprint density at radius 2 is 2.26 bits per heavy atom. The van der Waals surface area contributed by atoms with Crippen LogP contribution >= 0.6 is 11.6 Å². The van der Waals surface area contributed by atoms with Crippen molar-refractivity contribution >= 4 is 17.4 Å². The maximum absolute atomic E-state index is 12.2. The van der Waals surface area contributed by atoms with Gasteiger partial charge in [-0.15, -0.1) is 0 Å². The summed E-state index contributed by atoms with van der Waals surface area (Å²) in [6.07, 6.45) is -0.213. The van der Waals surface area contributed by atoms with Crippen LogP contribution in [0.3, 0.4) is 0 Å². The van der Waals surface area contributed by atoms with E-state index in [2.05, 4.69) is 0 Å². The van der Waals surface area contributed by atoms with Crippen LogP contribution in [0.4, 0.5) is 0 Å². The van der Waals surface area contributed by atoms with Gasteiger partial charge in [0.1, 0.15) is 0 Å². The highest BCUT2D eigenvalue weighted by atomic mass is 35.5. The molecule has 5 heteroatoms. The first-order chi connectivity index (χ1) is 9.11. The van der Waals surface area contributed by atoms with Gasteiger partial charge in [0, 0.05) is 18.2 Å². The molecule has 0 saturated carbocycles. The number of aliphatic hydroxyl groups excluding tert-OH is 1. The van der Waals surface area contributed by atoms with E-state index in [9.17, 15) is 4.79 Å². The molecule has 0 radical (unpaired) electrons. The molecule has 0 aliphatic carbocycles.